The van der Waals surface area contributed by atoms with Crippen LogP contribution in [0.4, 0.5) is 5.69 Å². The van der Waals surface area contributed by atoms with E-state index < -0.39 is 10.0 Å². The molecule has 1 atom stereocenters. The van der Waals surface area contributed by atoms with Gasteiger partial charge in [0.05, 0.1) is 11.4 Å². The molecule has 134 valence electrons. The molecule has 0 radical (unpaired) electrons. The first kappa shape index (κ1) is 19.4. The standard InChI is InChI=1S/C17H20ClN3O3S/c1-12(13-3-9-16(10-4-13)25(19,23)24)21(2)11-17(22)20-15-7-5-14(18)6-8-15/h3-10,12H,11H2,1-2H3,(H,20,22)(H2,19,23,24). The van der Waals surface area contributed by atoms with Crippen LogP contribution in [0.5, 0.6) is 0 Å². The van der Waals surface area contributed by atoms with E-state index in [0.29, 0.717) is 10.7 Å². The topological polar surface area (TPSA) is 92.5 Å². The summed E-state index contributed by atoms with van der Waals surface area (Å²) in [6, 6.07) is 13.1. The van der Waals surface area contributed by atoms with Crippen molar-refractivity contribution in [3.05, 3.63) is 59.1 Å². The van der Waals surface area contributed by atoms with E-state index in [9.17, 15) is 13.2 Å². The fourth-order valence-electron chi connectivity index (χ4n) is 2.29. The van der Waals surface area contributed by atoms with Gasteiger partial charge in [0.2, 0.25) is 15.9 Å². The third-order valence-corrected chi connectivity index (χ3v) is 5.05. The van der Waals surface area contributed by atoms with Crippen LogP contribution in [0.15, 0.2) is 53.4 Å². The number of rotatable bonds is 6. The Balaban J connectivity index is 1.98. The van der Waals surface area contributed by atoms with Crippen LogP contribution in [0, 0.1) is 0 Å². The molecule has 2 aromatic carbocycles. The normalized spacial score (nSPS) is 12.8. The molecule has 0 aliphatic rings. The van der Waals surface area contributed by atoms with Crippen LogP contribution in [-0.2, 0) is 14.8 Å². The molecule has 2 aromatic rings. The average molecular weight is 382 g/mol. The lowest BCUT2D eigenvalue weighted by Gasteiger charge is -2.24. The van der Waals surface area contributed by atoms with Gasteiger partial charge in [-0.1, -0.05) is 23.7 Å². The van der Waals surface area contributed by atoms with Crippen LogP contribution in [0.25, 0.3) is 0 Å². The maximum atomic E-state index is 12.1. The van der Waals surface area contributed by atoms with E-state index in [2.05, 4.69) is 5.32 Å². The van der Waals surface area contributed by atoms with Crippen molar-refractivity contribution in [2.45, 2.75) is 17.9 Å². The number of nitrogens with two attached hydrogens (primary N) is 1. The molecule has 0 spiro atoms. The number of halogens is 1. The average Bonchev–Trinajstić information content (AvgIpc) is 2.55. The molecule has 3 N–H and O–H groups in total. The molecule has 25 heavy (non-hydrogen) atoms. The van der Waals surface area contributed by atoms with Crippen molar-refractivity contribution < 1.29 is 13.2 Å². The molecule has 1 amide bonds. The Morgan fingerprint density at radius 3 is 2.24 bits per heavy atom. The lowest BCUT2D eigenvalue weighted by atomic mass is 10.1. The number of nitrogens with zero attached hydrogens (tertiary/aromatic N) is 1. The molecule has 6 nitrogen and oxygen atoms in total. The molecular formula is C17H20ClN3O3S. The number of benzene rings is 2. The second kappa shape index (κ2) is 7.97. The van der Waals surface area contributed by atoms with E-state index in [4.69, 9.17) is 16.7 Å². The van der Waals surface area contributed by atoms with Crippen molar-refractivity contribution in [1.29, 1.82) is 0 Å². The Bertz CT molecular complexity index is 836. The highest BCUT2D eigenvalue weighted by Gasteiger charge is 2.16. The molecule has 8 heteroatoms. The molecule has 0 heterocycles. The summed E-state index contributed by atoms with van der Waals surface area (Å²) in [6.07, 6.45) is 0. The minimum atomic E-state index is -3.71. The van der Waals surface area contributed by atoms with Gasteiger partial charge in [-0.15, -0.1) is 0 Å². The van der Waals surface area contributed by atoms with Crippen LogP contribution < -0.4 is 10.5 Å². The van der Waals surface area contributed by atoms with Gasteiger partial charge in [-0.25, -0.2) is 13.6 Å². The van der Waals surface area contributed by atoms with Crippen LogP contribution in [0.3, 0.4) is 0 Å². The number of nitrogens with one attached hydrogen (secondary N) is 1. The number of hydrogen-bond acceptors (Lipinski definition) is 4. The molecule has 0 aromatic heterocycles. The van der Waals surface area contributed by atoms with E-state index >= 15 is 0 Å². The van der Waals surface area contributed by atoms with Gasteiger partial charge in [-0.05, 0) is 55.9 Å². The lowest BCUT2D eigenvalue weighted by Crippen LogP contribution is -2.32. The van der Waals surface area contributed by atoms with E-state index in [-0.39, 0.29) is 23.4 Å². The van der Waals surface area contributed by atoms with E-state index in [1.54, 1.807) is 36.4 Å². The van der Waals surface area contributed by atoms with Crippen LogP contribution >= 0.6 is 11.6 Å². The smallest absolute Gasteiger partial charge is 0.238 e. The third kappa shape index (κ3) is 5.54. The molecule has 2 rings (SSSR count). The first-order chi connectivity index (χ1) is 11.7. The molecule has 0 aliphatic carbocycles. The van der Waals surface area contributed by atoms with Crippen molar-refractivity contribution in [3.63, 3.8) is 0 Å². The summed E-state index contributed by atoms with van der Waals surface area (Å²) in [5, 5.41) is 8.50. The summed E-state index contributed by atoms with van der Waals surface area (Å²) in [5.74, 6) is -0.155. The van der Waals surface area contributed by atoms with Crippen LogP contribution in [0.1, 0.15) is 18.5 Å². The maximum Gasteiger partial charge on any atom is 0.238 e. The number of anilines is 1. The Labute approximate surface area is 152 Å². The predicted molar refractivity (Wildman–Crippen MR) is 98.9 cm³/mol. The highest BCUT2D eigenvalue weighted by molar-refractivity contribution is 7.89. The first-order valence-corrected chi connectivity index (χ1v) is 9.47. The quantitative estimate of drug-likeness (QED) is 0.804. The summed E-state index contributed by atoms with van der Waals surface area (Å²) in [4.78, 5) is 14.1. The highest BCUT2D eigenvalue weighted by atomic mass is 35.5. The maximum absolute atomic E-state index is 12.1. The van der Waals surface area contributed by atoms with Gasteiger partial charge in [-0.3, -0.25) is 9.69 Å². The molecule has 0 bridgehead atoms. The zero-order valence-corrected chi connectivity index (χ0v) is 15.5. The Kier molecular flexibility index (Phi) is 6.18. The van der Waals surface area contributed by atoms with Crippen LogP contribution in [-0.4, -0.2) is 32.8 Å². The SMILES string of the molecule is CC(c1ccc(S(N)(=O)=O)cc1)N(C)CC(=O)Nc1ccc(Cl)cc1. The molecular weight excluding hydrogens is 362 g/mol. The van der Waals surface area contributed by atoms with Gasteiger partial charge < -0.3 is 5.32 Å². The number of sulfonamides is 1. The largest absolute Gasteiger partial charge is 0.325 e. The van der Waals surface area contributed by atoms with E-state index in [1.807, 2.05) is 18.9 Å². The highest BCUT2D eigenvalue weighted by Crippen LogP contribution is 2.20. The summed E-state index contributed by atoms with van der Waals surface area (Å²) < 4.78 is 22.6. The minimum Gasteiger partial charge on any atom is -0.325 e. The second-order valence-electron chi connectivity index (χ2n) is 5.76. The summed E-state index contributed by atoms with van der Waals surface area (Å²) in [5.41, 5.74) is 1.56. The number of primary sulfonamides is 1. The predicted octanol–water partition coefficient (Wildman–Crippen LogP) is 2.62. The van der Waals surface area contributed by atoms with Gasteiger partial charge in [-0.2, -0.15) is 0 Å². The zero-order valence-electron chi connectivity index (χ0n) is 13.9. The summed E-state index contributed by atoms with van der Waals surface area (Å²) in [6.45, 7) is 2.11. The Morgan fingerprint density at radius 2 is 1.72 bits per heavy atom. The van der Waals surface area contributed by atoms with Crippen molar-refractivity contribution >= 4 is 33.2 Å². The summed E-state index contributed by atoms with van der Waals surface area (Å²) >= 11 is 5.81. The van der Waals surface area contributed by atoms with Gasteiger partial charge in [0, 0.05) is 16.8 Å². The monoisotopic (exact) mass is 381 g/mol. The fraction of sp³-hybridized carbons (Fsp3) is 0.235. The third-order valence-electron chi connectivity index (χ3n) is 3.87. The second-order valence-corrected chi connectivity index (χ2v) is 7.76. The lowest BCUT2D eigenvalue weighted by molar-refractivity contribution is -0.117. The zero-order chi connectivity index (χ0) is 18.6. The van der Waals surface area contributed by atoms with Crippen molar-refractivity contribution in [1.82, 2.24) is 4.90 Å². The molecule has 0 aliphatic heterocycles. The number of amides is 1. The Hall–Kier alpha value is -1.93. The first-order valence-electron chi connectivity index (χ1n) is 7.55. The molecule has 0 saturated carbocycles. The van der Waals surface area contributed by atoms with E-state index in [0.717, 1.165) is 5.56 Å². The number of carbonyl (C=O) groups is 1. The molecule has 0 fully saturated rings. The number of likely N-dealkylation sites (N-methyl/N-ethyl adjacent to an activating group) is 1. The van der Waals surface area contributed by atoms with Gasteiger partial charge in [0.25, 0.3) is 0 Å². The van der Waals surface area contributed by atoms with Crippen molar-refractivity contribution in [3.8, 4) is 0 Å². The van der Waals surface area contributed by atoms with Gasteiger partial charge in [0.1, 0.15) is 0 Å². The van der Waals surface area contributed by atoms with E-state index in [1.165, 1.54) is 12.1 Å². The van der Waals surface area contributed by atoms with Gasteiger partial charge in [0.15, 0.2) is 0 Å². The minimum absolute atomic E-state index is 0.0617. The number of carbonyl (C=O) groups excluding carboxylic acids is 1. The van der Waals surface area contributed by atoms with Crippen molar-refractivity contribution in [2.24, 2.45) is 5.14 Å². The Morgan fingerprint density at radius 1 is 1.16 bits per heavy atom. The van der Waals surface area contributed by atoms with Crippen molar-refractivity contribution in [2.75, 3.05) is 18.9 Å². The summed E-state index contributed by atoms with van der Waals surface area (Å²) in [7, 11) is -1.89. The molecule has 1 unspecified atom stereocenters. The van der Waals surface area contributed by atoms with Gasteiger partial charge >= 0.3 is 0 Å². The number of hydrogen-bond donors (Lipinski definition) is 2. The fourth-order valence-corrected chi connectivity index (χ4v) is 2.93. The van der Waals surface area contributed by atoms with Crippen LogP contribution in [0.2, 0.25) is 5.02 Å². The molecule has 0 saturated heterocycles.